The summed E-state index contributed by atoms with van der Waals surface area (Å²) in [6.07, 6.45) is 1.81. The normalized spacial score (nSPS) is 23.9. The molecule has 3 heteroatoms. The number of rotatable bonds is 0. The summed E-state index contributed by atoms with van der Waals surface area (Å²) in [5, 5.41) is 8.91. The maximum Gasteiger partial charge on any atom is 0.184 e. The predicted octanol–water partition coefficient (Wildman–Crippen LogP) is 0.385. The van der Waals surface area contributed by atoms with Crippen LogP contribution in [0.5, 0.6) is 0 Å². The van der Waals surface area contributed by atoms with Crippen LogP contribution in [-0.4, -0.2) is 29.1 Å². The Morgan fingerprint density at radius 3 is 2.08 bits per heavy atom. The van der Waals surface area contributed by atoms with Crippen molar-refractivity contribution in [2.24, 2.45) is 0 Å². The topological polar surface area (TPSA) is 54.7 Å². The van der Waals surface area contributed by atoms with Gasteiger partial charge in [0.05, 0.1) is 0 Å². The molecular formula is C10H20N3+. The molecule has 0 aromatic carbocycles. The number of quaternary nitrogens is 1. The van der Waals surface area contributed by atoms with Gasteiger partial charge in [-0.3, -0.25) is 4.90 Å². The Morgan fingerprint density at radius 2 is 1.77 bits per heavy atom. The minimum Gasteiger partial charge on any atom is -0.341 e. The first-order chi connectivity index (χ1) is 5.87. The van der Waals surface area contributed by atoms with Crippen LogP contribution in [0.2, 0.25) is 0 Å². The van der Waals surface area contributed by atoms with Gasteiger partial charge in [-0.25, -0.2) is 0 Å². The van der Waals surface area contributed by atoms with Crippen LogP contribution in [-0.2, 0) is 0 Å². The molecule has 1 aliphatic rings. The van der Waals surface area contributed by atoms with E-state index in [0.717, 1.165) is 25.9 Å². The molecule has 0 amide bonds. The lowest BCUT2D eigenvalue weighted by atomic mass is 9.88. The highest BCUT2D eigenvalue weighted by Crippen LogP contribution is 2.23. The van der Waals surface area contributed by atoms with E-state index < -0.39 is 0 Å². The van der Waals surface area contributed by atoms with E-state index >= 15 is 0 Å². The van der Waals surface area contributed by atoms with Crippen LogP contribution in [0.1, 0.15) is 33.6 Å². The molecule has 0 atom stereocenters. The molecule has 0 saturated carbocycles. The highest BCUT2D eigenvalue weighted by atomic mass is 15.2. The lowest BCUT2D eigenvalue weighted by molar-refractivity contribution is -0.463. The van der Waals surface area contributed by atoms with Crippen LogP contribution in [0.15, 0.2) is 0 Å². The fourth-order valence-corrected chi connectivity index (χ4v) is 1.72. The standard InChI is InChI=1S/C10H19N3/c1-9(2,3)13-6-4-10(12,8-11)5-7-13/h4-7,12H2,1-3H3/p+1. The van der Waals surface area contributed by atoms with E-state index in [1.54, 1.807) is 0 Å². The molecule has 1 fully saturated rings. The summed E-state index contributed by atoms with van der Waals surface area (Å²) in [6.45, 7) is 8.65. The van der Waals surface area contributed by atoms with Gasteiger partial charge in [0.15, 0.2) is 5.54 Å². The van der Waals surface area contributed by atoms with Gasteiger partial charge in [0.25, 0.3) is 0 Å². The third-order valence-electron chi connectivity index (χ3n) is 2.91. The second kappa shape index (κ2) is 3.28. The molecule has 1 rings (SSSR count). The maximum absolute atomic E-state index is 8.91. The molecule has 0 bridgehead atoms. The minimum atomic E-state index is -0.318. The smallest absolute Gasteiger partial charge is 0.184 e. The summed E-state index contributed by atoms with van der Waals surface area (Å²) < 4.78 is 0. The Morgan fingerprint density at radius 1 is 1.31 bits per heavy atom. The number of piperidine rings is 1. The predicted molar refractivity (Wildman–Crippen MR) is 51.8 cm³/mol. The Hall–Kier alpha value is -0.590. The van der Waals surface area contributed by atoms with Gasteiger partial charge in [0, 0.05) is 31.5 Å². The zero-order valence-corrected chi connectivity index (χ0v) is 8.93. The van der Waals surface area contributed by atoms with Crippen molar-refractivity contribution in [1.82, 2.24) is 4.90 Å². The maximum atomic E-state index is 8.91. The summed E-state index contributed by atoms with van der Waals surface area (Å²) in [5.74, 6) is 0. The van der Waals surface area contributed by atoms with Gasteiger partial charge < -0.3 is 5.73 Å². The van der Waals surface area contributed by atoms with Gasteiger partial charge in [-0.05, 0) is 20.8 Å². The highest BCUT2D eigenvalue weighted by molar-refractivity contribution is 5.02. The van der Waals surface area contributed by atoms with E-state index in [2.05, 4.69) is 37.5 Å². The van der Waals surface area contributed by atoms with Crippen molar-refractivity contribution in [1.29, 1.82) is 5.26 Å². The molecule has 1 heterocycles. The molecule has 0 aromatic rings. The number of nitrogens with zero attached hydrogens (tertiary/aromatic N) is 2. The third-order valence-corrected chi connectivity index (χ3v) is 2.91. The van der Waals surface area contributed by atoms with Gasteiger partial charge in [-0.1, -0.05) is 0 Å². The Labute approximate surface area is 80.5 Å². The summed E-state index contributed by atoms with van der Waals surface area (Å²) in [6, 6.07) is 2.31. The van der Waals surface area contributed by atoms with Crippen molar-refractivity contribution < 1.29 is 5.73 Å². The molecular weight excluding hydrogens is 162 g/mol. The fraction of sp³-hybridized carbons (Fsp3) is 0.900. The van der Waals surface area contributed by atoms with Gasteiger partial charge in [-0.15, -0.1) is 0 Å². The number of nitriles is 1. The zero-order chi connectivity index (χ0) is 10.1. The third kappa shape index (κ3) is 2.43. The molecule has 1 aliphatic heterocycles. The Bertz CT molecular complexity index is 213. The van der Waals surface area contributed by atoms with Gasteiger partial charge in [0.2, 0.25) is 0 Å². The fourth-order valence-electron chi connectivity index (χ4n) is 1.72. The molecule has 74 valence electrons. The number of likely N-dealkylation sites (tertiary alicyclic amines) is 1. The van der Waals surface area contributed by atoms with Crippen molar-refractivity contribution in [2.45, 2.75) is 44.7 Å². The van der Waals surface area contributed by atoms with Crippen LogP contribution in [0.4, 0.5) is 0 Å². The van der Waals surface area contributed by atoms with Gasteiger partial charge >= 0.3 is 0 Å². The summed E-state index contributed by atoms with van der Waals surface area (Å²) >= 11 is 0. The number of hydrogen-bond acceptors (Lipinski definition) is 2. The molecule has 3 N–H and O–H groups in total. The van der Waals surface area contributed by atoms with Crippen LogP contribution in [0.25, 0.3) is 0 Å². The quantitative estimate of drug-likeness (QED) is 0.589. The first-order valence-electron chi connectivity index (χ1n) is 4.89. The van der Waals surface area contributed by atoms with Crippen LogP contribution >= 0.6 is 0 Å². The first-order valence-corrected chi connectivity index (χ1v) is 4.89. The van der Waals surface area contributed by atoms with Gasteiger partial charge in [0.1, 0.15) is 6.07 Å². The lowest BCUT2D eigenvalue weighted by Gasteiger charge is -2.41. The van der Waals surface area contributed by atoms with E-state index in [0.29, 0.717) is 0 Å². The van der Waals surface area contributed by atoms with Crippen molar-refractivity contribution >= 4 is 0 Å². The first kappa shape index (κ1) is 10.5. The largest absolute Gasteiger partial charge is 0.341 e. The van der Waals surface area contributed by atoms with Crippen molar-refractivity contribution in [2.75, 3.05) is 13.1 Å². The summed E-state index contributed by atoms with van der Waals surface area (Å²) in [5.41, 5.74) is 3.89. The molecule has 0 unspecified atom stereocenters. The summed E-state index contributed by atoms with van der Waals surface area (Å²) in [4.78, 5) is 2.42. The molecule has 0 aliphatic carbocycles. The van der Waals surface area contributed by atoms with Crippen LogP contribution < -0.4 is 5.73 Å². The van der Waals surface area contributed by atoms with E-state index in [1.165, 1.54) is 0 Å². The van der Waals surface area contributed by atoms with Crippen molar-refractivity contribution in [3.05, 3.63) is 0 Å². The van der Waals surface area contributed by atoms with Crippen LogP contribution in [0, 0.1) is 11.3 Å². The lowest BCUT2D eigenvalue weighted by Crippen LogP contribution is -2.75. The van der Waals surface area contributed by atoms with E-state index in [4.69, 9.17) is 5.26 Å². The molecule has 3 nitrogen and oxygen atoms in total. The van der Waals surface area contributed by atoms with E-state index in [9.17, 15) is 0 Å². The number of hydrogen-bond donors (Lipinski definition) is 1. The molecule has 0 aromatic heterocycles. The average Bonchev–Trinajstić information content (AvgIpc) is 2.04. The zero-order valence-electron chi connectivity index (χ0n) is 8.93. The monoisotopic (exact) mass is 182 g/mol. The summed E-state index contributed by atoms with van der Waals surface area (Å²) in [7, 11) is 0. The van der Waals surface area contributed by atoms with Crippen molar-refractivity contribution in [3.63, 3.8) is 0 Å². The minimum absolute atomic E-state index is 0.233. The molecule has 0 spiro atoms. The molecule has 0 radical (unpaired) electrons. The van der Waals surface area contributed by atoms with Gasteiger partial charge in [-0.2, -0.15) is 5.26 Å². The van der Waals surface area contributed by atoms with Crippen molar-refractivity contribution in [3.8, 4) is 6.07 Å². The second-order valence-electron chi connectivity index (χ2n) is 5.05. The van der Waals surface area contributed by atoms with E-state index in [-0.39, 0.29) is 11.1 Å². The average molecular weight is 182 g/mol. The Kier molecular flexibility index (Phi) is 2.65. The molecule has 1 saturated heterocycles. The molecule has 13 heavy (non-hydrogen) atoms. The SMILES string of the molecule is CC(C)(C)N1CCC([NH3+])(C#N)CC1. The second-order valence-corrected chi connectivity index (χ2v) is 5.05. The van der Waals surface area contributed by atoms with E-state index in [1.807, 2.05) is 0 Å². The Balaban J connectivity index is 2.54. The van der Waals surface area contributed by atoms with Crippen LogP contribution in [0.3, 0.4) is 0 Å². The highest BCUT2D eigenvalue weighted by Gasteiger charge is 2.37.